The molecule has 0 bridgehead atoms. The number of rotatable bonds is 3. The number of fused-ring (bicyclic) bond motifs is 1. The summed E-state index contributed by atoms with van der Waals surface area (Å²) in [5.74, 6) is 0.828. The van der Waals surface area contributed by atoms with Crippen LogP contribution in [0.25, 0.3) is 0 Å². The molecule has 0 aliphatic carbocycles. The van der Waals surface area contributed by atoms with Crippen LogP contribution in [0.1, 0.15) is 6.92 Å². The third-order valence-electron chi connectivity index (χ3n) is 2.79. The number of hydrogen-bond donors (Lipinski definition) is 0. The lowest BCUT2D eigenvalue weighted by molar-refractivity contribution is 0.176. The summed E-state index contributed by atoms with van der Waals surface area (Å²) in [6.45, 7) is 4.05. The van der Waals surface area contributed by atoms with Crippen molar-refractivity contribution in [2.45, 2.75) is 19.5 Å². The van der Waals surface area contributed by atoms with E-state index in [0.29, 0.717) is 13.2 Å². The summed E-state index contributed by atoms with van der Waals surface area (Å²) in [7, 11) is 1.66. The Bertz CT molecular complexity index is 446. The first kappa shape index (κ1) is 11.4. The van der Waals surface area contributed by atoms with Crippen LogP contribution in [0.15, 0.2) is 10.9 Å². The first-order valence-electron chi connectivity index (χ1n) is 5.20. The Morgan fingerprint density at radius 1 is 1.69 bits per heavy atom. The van der Waals surface area contributed by atoms with Crippen molar-refractivity contribution < 1.29 is 4.74 Å². The van der Waals surface area contributed by atoms with Gasteiger partial charge >= 0.3 is 5.69 Å². The number of methoxy groups -OCH3 is 1. The van der Waals surface area contributed by atoms with E-state index in [1.165, 1.54) is 0 Å². The fourth-order valence-electron chi connectivity index (χ4n) is 2.13. The van der Waals surface area contributed by atoms with E-state index in [1.807, 2.05) is 6.92 Å². The Hall–Kier alpha value is -1.07. The Morgan fingerprint density at radius 2 is 2.44 bits per heavy atom. The van der Waals surface area contributed by atoms with Crippen molar-refractivity contribution in [1.82, 2.24) is 9.55 Å². The van der Waals surface area contributed by atoms with E-state index in [1.54, 1.807) is 17.7 Å². The molecule has 2 rings (SSSR count). The summed E-state index contributed by atoms with van der Waals surface area (Å²) in [5.41, 5.74) is -0.292. The summed E-state index contributed by atoms with van der Waals surface area (Å²) in [5, 5.41) is 0.243. The highest BCUT2D eigenvalue weighted by atomic mass is 35.5. The van der Waals surface area contributed by atoms with Crippen LogP contribution in [0.4, 0.5) is 5.82 Å². The standard InChI is InChI=1S/C10H14ClN3O2/c1-3-13-7(6-16-2)5-14-9(13)4-8(11)12-10(14)15/h4,7H,3,5-6H2,1-2H3. The number of hydrogen-bond acceptors (Lipinski definition) is 4. The highest BCUT2D eigenvalue weighted by molar-refractivity contribution is 6.29. The van der Waals surface area contributed by atoms with E-state index in [2.05, 4.69) is 9.88 Å². The van der Waals surface area contributed by atoms with Crippen molar-refractivity contribution in [1.29, 1.82) is 0 Å². The quantitative estimate of drug-likeness (QED) is 0.736. The zero-order chi connectivity index (χ0) is 11.7. The van der Waals surface area contributed by atoms with Gasteiger partial charge in [0.25, 0.3) is 0 Å². The van der Waals surface area contributed by atoms with Crippen molar-refractivity contribution in [3.05, 3.63) is 21.7 Å². The predicted octanol–water partition coefficient (Wildman–Crippen LogP) is 0.752. The van der Waals surface area contributed by atoms with Gasteiger partial charge in [-0.2, -0.15) is 4.98 Å². The van der Waals surface area contributed by atoms with Gasteiger partial charge in [0.2, 0.25) is 0 Å². The molecule has 2 heterocycles. The maximum atomic E-state index is 11.6. The SMILES string of the molecule is CCN1c2cc(Cl)nc(=O)n2CC1COC. The number of likely N-dealkylation sites (N-methyl/N-ethyl adjacent to an activating group) is 1. The van der Waals surface area contributed by atoms with Crippen LogP contribution < -0.4 is 10.6 Å². The van der Waals surface area contributed by atoms with E-state index in [9.17, 15) is 4.79 Å². The average molecular weight is 244 g/mol. The van der Waals surface area contributed by atoms with Crippen LogP contribution >= 0.6 is 11.6 Å². The van der Waals surface area contributed by atoms with Gasteiger partial charge in [-0.15, -0.1) is 0 Å². The molecular formula is C10H14ClN3O2. The Morgan fingerprint density at radius 3 is 3.06 bits per heavy atom. The van der Waals surface area contributed by atoms with Gasteiger partial charge in [-0.3, -0.25) is 4.57 Å². The number of ether oxygens (including phenoxy) is 1. The molecule has 0 aromatic carbocycles. The second-order valence-electron chi connectivity index (χ2n) is 3.73. The average Bonchev–Trinajstić information content (AvgIpc) is 2.56. The molecule has 0 radical (unpaired) electrons. The summed E-state index contributed by atoms with van der Waals surface area (Å²) >= 11 is 5.79. The molecule has 1 aromatic heterocycles. The summed E-state index contributed by atoms with van der Waals surface area (Å²) in [4.78, 5) is 17.5. The second-order valence-corrected chi connectivity index (χ2v) is 4.11. The number of halogens is 1. The lowest BCUT2D eigenvalue weighted by Gasteiger charge is -2.23. The smallest absolute Gasteiger partial charge is 0.350 e. The third-order valence-corrected chi connectivity index (χ3v) is 2.98. The topological polar surface area (TPSA) is 47.4 Å². The molecule has 1 aliphatic heterocycles. The number of nitrogens with zero attached hydrogens (tertiary/aromatic N) is 3. The first-order chi connectivity index (χ1) is 7.67. The van der Waals surface area contributed by atoms with E-state index in [4.69, 9.17) is 16.3 Å². The van der Waals surface area contributed by atoms with Crippen LogP contribution in [0, 0.1) is 0 Å². The van der Waals surface area contributed by atoms with Gasteiger partial charge < -0.3 is 9.64 Å². The van der Waals surface area contributed by atoms with Crippen molar-refractivity contribution in [2.75, 3.05) is 25.2 Å². The Kier molecular flexibility index (Phi) is 3.16. The molecule has 1 unspecified atom stereocenters. The predicted molar refractivity (Wildman–Crippen MR) is 62.2 cm³/mol. The van der Waals surface area contributed by atoms with E-state index in [-0.39, 0.29) is 16.9 Å². The van der Waals surface area contributed by atoms with Crippen LogP contribution in [-0.4, -0.2) is 35.9 Å². The van der Waals surface area contributed by atoms with Gasteiger partial charge in [-0.05, 0) is 6.92 Å². The monoisotopic (exact) mass is 243 g/mol. The van der Waals surface area contributed by atoms with Gasteiger partial charge in [-0.1, -0.05) is 11.6 Å². The summed E-state index contributed by atoms with van der Waals surface area (Å²) in [6, 6.07) is 1.91. The molecule has 16 heavy (non-hydrogen) atoms. The molecule has 0 spiro atoms. The van der Waals surface area contributed by atoms with Crippen molar-refractivity contribution in [3.63, 3.8) is 0 Å². The largest absolute Gasteiger partial charge is 0.382 e. The van der Waals surface area contributed by atoms with Crippen LogP contribution in [0.3, 0.4) is 0 Å². The molecule has 0 saturated carbocycles. The fraction of sp³-hybridized carbons (Fsp3) is 0.600. The van der Waals surface area contributed by atoms with Crippen LogP contribution in [0.5, 0.6) is 0 Å². The Labute approximate surface area is 98.6 Å². The molecule has 88 valence electrons. The van der Waals surface area contributed by atoms with Gasteiger partial charge in [0.15, 0.2) is 0 Å². The highest BCUT2D eigenvalue weighted by Gasteiger charge is 2.29. The highest BCUT2D eigenvalue weighted by Crippen LogP contribution is 2.25. The van der Waals surface area contributed by atoms with Crippen LogP contribution in [0.2, 0.25) is 5.15 Å². The molecular weight excluding hydrogens is 230 g/mol. The van der Waals surface area contributed by atoms with Crippen molar-refractivity contribution in [3.8, 4) is 0 Å². The number of aromatic nitrogens is 2. The van der Waals surface area contributed by atoms with Crippen molar-refractivity contribution in [2.24, 2.45) is 0 Å². The first-order valence-corrected chi connectivity index (χ1v) is 5.58. The second kappa shape index (κ2) is 4.43. The fourth-order valence-corrected chi connectivity index (χ4v) is 2.30. The van der Waals surface area contributed by atoms with Gasteiger partial charge in [0, 0.05) is 19.7 Å². The van der Waals surface area contributed by atoms with E-state index < -0.39 is 0 Å². The molecule has 0 saturated heterocycles. The normalized spacial score (nSPS) is 18.9. The molecule has 1 atom stereocenters. The molecule has 0 fully saturated rings. The molecule has 6 heteroatoms. The van der Waals surface area contributed by atoms with Crippen LogP contribution in [-0.2, 0) is 11.3 Å². The van der Waals surface area contributed by atoms with Gasteiger partial charge in [-0.25, -0.2) is 4.79 Å². The van der Waals surface area contributed by atoms with E-state index >= 15 is 0 Å². The maximum absolute atomic E-state index is 11.6. The van der Waals surface area contributed by atoms with Crippen molar-refractivity contribution >= 4 is 17.4 Å². The zero-order valence-electron chi connectivity index (χ0n) is 9.31. The third kappa shape index (κ3) is 1.81. The van der Waals surface area contributed by atoms with Gasteiger partial charge in [0.05, 0.1) is 19.2 Å². The molecule has 1 aliphatic rings. The number of anilines is 1. The summed E-state index contributed by atoms with van der Waals surface area (Å²) < 4.78 is 6.79. The molecule has 1 aromatic rings. The minimum Gasteiger partial charge on any atom is -0.382 e. The lowest BCUT2D eigenvalue weighted by atomic mass is 10.3. The maximum Gasteiger partial charge on any atom is 0.350 e. The molecule has 0 N–H and O–H groups in total. The Balaban J connectivity index is 2.42. The molecule has 0 amide bonds. The molecule has 5 nitrogen and oxygen atoms in total. The van der Waals surface area contributed by atoms with E-state index in [0.717, 1.165) is 12.4 Å². The summed E-state index contributed by atoms with van der Waals surface area (Å²) in [6.07, 6.45) is 0. The van der Waals surface area contributed by atoms with Gasteiger partial charge in [0.1, 0.15) is 11.0 Å². The minimum atomic E-state index is -0.292. The lowest BCUT2D eigenvalue weighted by Crippen LogP contribution is -2.35. The minimum absolute atomic E-state index is 0.183. The zero-order valence-corrected chi connectivity index (χ0v) is 10.1.